The molecular weight excluding hydrogens is 252 g/mol. The van der Waals surface area contributed by atoms with Crippen LogP contribution in [0.3, 0.4) is 0 Å². The normalized spacial score (nSPS) is 22.3. The fourth-order valence-corrected chi connectivity index (χ4v) is 2.28. The molecule has 0 N–H and O–H groups in total. The first-order valence-corrected chi connectivity index (χ1v) is 5.78. The molecule has 0 radical (unpaired) electrons. The maximum Gasteiger partial charge on any atom is 0.307 e. The minimum atomic E-state index is -0.684. The summed E-state index contributed by atoms with van der Waals surface area (Å²) in [6, 6.07) is 3.02. The van der Waals surface area contributed by atoms with Gasteiger partial charge >= 0.3 is 5.97 Å². The summed E-state index contributed by atoms with van der Waals surface area (Å²) in [7, 11) is 4.17. The van der Waals surface area contributed by atoms with Gasteiger partial charge in [0.25, 0.3) is 5.91 Å². The van der Waals surface area contributed by atoms with Crippen LogP contribution in [0.2, 0.25) is 0 Å². The van der Waals surface area contributed by atoms with Crippen molar-refractivity contribution in [3.8, 4) is 0 Å². The molecule has 2 atom stereocenters. The van der Waals surface area contributed by atoms with Crippen LogP contribution in [0.15, 0.2) is 18.3 Å². The molecule has 1 aliphatic rings. The highest BCUT2D eigenvalue weighted by Gasteiger charge is 2.41. The SMILES string of the molecule is COC(=O)C[C@@H]1[C@@H](OC)N(OC)C(=O)c2cccn21. The number of rotatable bonds is 4. The van der Waals surface area contributed by atoms with Gasteiger partial charge in [-0.3, -0.25) is 14.4 Å². The molecule has 1 aromatic rings. The maximum atomic E-state index is 12.2. The van der Waals surface area contributed by atoms with Gasteiger partial charge in [-0.1, -0.05) is 0 Å². The number of nitrogens with zero attached hydrogens (tertiary/aromatic N) is 2. The van der Waals surface area contributed by atoms with Crippen molar-refractivity contribution in [1.82, 2.24) is 9.63 Å². The minimum absolute atomic E-state index is 0.0871. The van der Waals surface area contributed by atoms with Gasteiger partial charge in [-0.2, -0.15) is 5.06 Å². The highest BCUT2D eigenvalue weighted by molar-refractivity contribution is 5.93. The Morgan fingerprint density at radius 3 is 2.68 bits per heavy atom. The summed E-state index contributed by atoms with van der Waals surface area (Å²) in [5, 5.41) is 1.13. The third kappa shape index (κ3) is 2.22. The van der Waals surface area contributed by atoms with Gasteiger partial charge in [0.15, 0.2) is 6.23 Å². The molecule has 2 heterocycles. The summed E-state index contributed by atoms with van der Waals surface area (Å²) in [5.74, 6) is -0.683. The summed E-state index contributed by atoms with van der Waals surface area (Å²) in [6.45, 7) is 0. The van der Waals surface area contributed by atoms with E-state index in [1.165, 1.54) is 21.3 Å². The fourth-order valence-electron chi connectivity index (χ4n) is 2.28. The van der Waals surface area contributed by atoms with Gasteiger partial charge in [0, 0.05) is 13.3 Å². The van der Waals surface area contributed by atoms with Gasteiger partial charge in [0.05, 0.1) is 26.7 Å². The van der Waals surface area contributed by atoms with E-state index in [1.54, 1.807) is 22.9 Å². The monoisotopic (exact) mass is 268 g/mol. The zero-order chi connectivity index (χ0) is 14.0. The largest absolute Gasteiger partial charge is 0.469 e. The summed E-state index contributed by atoms with van der Waals surface area (Å²) in [6.07, 6.45) is 1.14. The number of hydrogen-bond acceptors (Lipinski definition) is 5. The number of esters is 1. The lowest BCUT2D eigenvalue weighted by Crippen LogP contribution is -2.51. The Morgan fingerprint density at radius 1 is 1.37 bits per heavy atom. The summed E-state index contributed by atoms with van der Waals surface area (Å²) in [5.41, 5.74) is 0.448. The number of fused-ring (bicyclic) bond motifs is 1. The van der Waals surface area contributed by atoms with E-state index in [9.17, 15) is 9.59 Å². The minimum Gasteiger partial charge on any atom is -0.469 e. The summed E-state index contributed by atoms with van der Waals surface area (Å²) >= 11 is 0. The number of carbonyl (C=O) groups excluding carboxylic acids is 2. The molecule has 0 saturated carbocycles. The zero-order valence-electron chi connectivity index (χ0n) is 11.0. The molecule has 0 aliphatic carbocycles. The van der Waals surface area contributed by atoms with Crippen LogP contribution in [-0.2, 0) is 19.1 Å². The molecule has 1 aliphatic heterocycles. The Balaban J connectivity index is 2.40. The molecule has 0 unspecified atom stereocenters. The molecule has 1 amide bonds. The number of hydroxylamine groups is 2. The maximum absolute atomic E-state index is 12.2. The smallest absolute Gasteiger partial charge is 0.307 e. The van der Waals surface area contributed by atoms with Crippen LogP contribution in [0.25, 0.3) is 0 Å². The van der Waals surface area contributed by atoms with Crippen LogP contribution in [0.5, 0.6) is 0 Å². The third-order valence-electron chi connectivity index (χ3n) is 3.16. The van der Waals surface area contributed by atoms with Crippen LogP contribution in [0.4, 0.5) is 0 Å². The topological polar surface area (TPSA) is 70.0 Å². The van der Waals surface area contributed by atoms with Gasteiger partial charge in [0.2, 0.25) is 0 Å². The van der Waals surface area contributed by atoms with Crippen molar-refractivity contribution in [1.29, 1.82) is 0 Å². The molecule has 0 spiro atoms. The van der Waals surface area contributed by atoms with Crippen LogP contribution in [0.1, 0.15) is 23.0 Å². The predicted molar refractivity (Wildman–Crippen MR) is 64.1 cm³/mol. The van der Waals surface area contributed by atoms with Crippen molar-refractivity contribution in [2.75, 3.05) is 21.3 Å². The summed E-state index contributed by atoms with van der Waals surface area (Å²) in [4.78, 5) is 28.7. The fraction of sp³-hybridized carbons (Fsp3) is 0.500. The van der Waals surface area contributed by atoms with Crippen molar-refractivity contribution in [3.63, 3.8) is 0 Å². The lowest BCUT2D eigenvalue weighted by molar-refractivity contribution is -0.216. The van der Waals surface area contributed by atoms with Gasteiger partial charge < -0.3 is 14.0 Å². The second-order valence-corrected chi connectivity index (χ2v) is 4.09. The standard InChI is InChI=1S/C12H16N2O5/c1-17-10(15)7-9-12(18-2)14(19-3)11(16)8-5-4-6-13(8)9/h4-6,9,12H,7H2,1-3H3/t9-,12-/m1/s1. The molecule has 2 rings (SSSR count). The van der Waals surface area contributed by atoms with Crippen molar-refractivity contribution in [2.45, 2.75) is 18.7 Å². The number of ether oxygens (including phenoxy) is 2. The van der Waals surface area contributed by atoms with E-state index in [0.717, 1.165) is 5.06 Å². The van der Waals surface area contributed by atoms with E-state index in [2.05, 4.69) is 4.74 Å². The lowest BCUT2D eigenvalue weighted by Gasteiger charge is -2.38. The van der Waals surface area contributed by atoms with Gasteiger partial charge in [0.1, 0.15) is 5.69 Å². The molecular formula is C12H16N2O5. The van der Waals surface area contributed by atoms with Crippen LogP contribution in [0, 0.1) is 0 Å². The van der Waals surface area contributed by atoms with E-state index in [-0.39, 0.29) is 24.3 Å². The van der Waals surface area contributed by atoms with Crippen molar-refractivity contribution < 1.29 is 23.9 Å². The Labute approximate surface area is 110 Å². The number of methoxy groups -OCH3 is 2. The highest BCUT2D eigenvalue weighted by Crippen LogP contribution is 2.30. The van der Waals surface area contributed by atoms with E-state index in [0.29, 0.717) is 5.69 Å². The first kappa shape index (κ1) is 13.6. The van der Waals surface area contributed by atoms with Gasteiger partial charge in [-0.15, -0.1) is 0 Å². The molecule has 0 aromatic carbocycles. The molecule has 0 fully saturated rings. The highest BCUT2D eigenvalue weighted by atomic mass is 16.7. The van der Waals surface area contributed by atoms with Crippen LogP contribution >= 0.6 is 0 Å². The van der Waals surface area contributed by atoms with Crippen LogP contribution < -0.4 is 0 Å². The van der Waals surface area contributed by atoms with Crippen LogP contribution in [-0.4, -0.2) is 49.1 Å². The number of carbonyl (C=O) groups is 2. The molecule has 7 nitrogen and oxygen atoms in total. The lowest BCUT2D eigenvalue weighted by atomic mass is 10.1. The molecule has 7 heteroatoms. The zero-order valence-corrected chi connectivity index (χ0v) is 11.0. The number of aromatic nitrogens is 1. The van der Waals surface area contributed by atoms with Crippen molar-refractivity contribution >= 4 is 11.9 Å². The Kier molecular flexibility index (Phi) is 3.87. The predicted octanol–water partition coefficient (Wildman–Crippen LogP) is 0.582. The third-order valence-corrected chi connectivity index (χ3v) is 3.16. The van der Waals surface area contributed by atoms with Gasteiger partial charge in [-0.25, -0.2) is 0 Å². The average molecular weight is 268 g/mol. The van der Waals surface area contributed by atoms with Crippen molar-refractivity contribution in [3.05, 3.63) is 24.0 Å². The Bertz CT molecular complexity index is 484. The second-order valence-electron chi connectivity index (χ2n) is 4.09. The first-order valence-electron chi connectivity index (χ1n) is 5.78. The number of amides is 1. The van der Waals surface area contributed by atoms with E-state index in [1.807, 2.05) is 0 Å². The molecule has 1 aromatic heterocycles. The Morgan fingerprint density at radius 2 is 2.11 bits per heavy atom. The summed E-state index contributed by atoms with van der Waals surface area (Å²) < 4.78 is 11.7. The molecule has 0 saturated heterocycles. The van der Waals surface area contributed by atoms with E-state index < -0.39 is 6.23 Å². The average Bonchev–Trinajstić information content (AvgIpc) is 2.90. The number of hydrogen-bond donors (Lipinski definition) is 0. The molecule has 0 bridgehead atoms. The molecule has 19 heavy (non-hydrogen) atoms. The quantitative estimate of drug-likeness (QED) is 0.747. The van der Waals surface area contributed by atoms with E-state index >= 15 is 0 Å². The molecule has 104 valence electrons. The van der Waals surface area contributed by atoms with Gasteiger partial charge in [-0.05, 0) is 12.1 Å². The van der Waals surface area contributed by atoms with Crippen molar-refractivity contribution in [2.24, 2.45) is 0 Å². The Hall–Kier alpha value is -1.86. The first-order chi connectivity index (χ1) is 9.13. The van der Waals surface area contributed by atoms with E-state index in [4.69, 9.17) is 9.57 Å². The second kappa shape index (κ2) is 5.41.